The molecule has 1 aliphatic rings. The number of aryl methyl sites for hydroxylation is 2. The van der Waals surface area contributed by atoms with E-state index in [0.29, 0.717) is 0 Å². The lowest BCUT2D eigenvalue weighted by Gasteiger charge is -2.27. The Labute approximate surface area is 169 Å². The van der Waals surface area contributed by atoms with Gasteiger partial charge in [0.05, 0.1) is 23.2 Å². The fourth-order valence-electron chi connectivity index (χ4n) is 4.25. The molecule has 0 amide bonds. The van der Waals surface area contributed by atoms with E-state index in [1.807, 2.05) is 31.3 Å². The van der Waals surface area contributed by atoms with Crippen molar-refractivity contribution >= 4 is 16.6 Å². The molecular weight excluding hydrogens is 358 g/mol. The minimum atomic E-state index is 0.252. The Balaban J connectivity index is 1.50. The van der Waals surface area contributed by atoms with Crippen LogP contribution in [0.3, 0.4) is 0 Å². The number of aromatic amines is 1. The maximum Gasteiger partial charge on any atom is 0.100 e. The van der Waals surface area contributed by atoms with Gasteiger partial charge in [0.1, 0.15) is 5.69 Å². The van der Waals surface area contributed by atoms with Crippen LogP contribution >= 0.6 is 0 Å². The van der Waals surface area contributed by atoms with Gasteiger partial charge in [-0.25, -0.2) is 0 Å². The summed E-state index contributed by atoms with van der Waals surface area (Å²) in [5, 5.41) is 21.7. The molecule has 0 fully saturated rings. The van der Waals surface area contributed by atoms with Crippen LogP contribution in [-0.2, 0) is 6.42 Å². The van der Waals surface area contributed by atoms with Crippen LogP contribution in [-0.4, -0.2) is 15.2 Å². The summed E-state index contributed by atoms with van der Waals surface area (Å²) in [7, 11) is 0. The topological polar surface area (TPSA) is 77.4 Å². The SMILES string of the molecule is Cc1cc(-c2n[nH]c3ccc(N[C@H]4CCCc5cc(C#N)ccc54)cc23)ccn1. The quantitative estimate of drug-likeness (QED) is 0.507. The van der Waals surface area contributed by atoms with Crippen molar-refractivity contribution in [1.29, 1.82) is 5.26 Å². The van der Waals surface area contributed by atoms with Gasteiger partial charge >= 0.3 is 0 Å². The summed E-state index contributed by atoms with van der Waals surface area (Å²) in [5.74, 6) is 0. The van der Waals surface area contributed by atoms with Crippen LogP contribution < -0.4 is 5.32 Å². The van der Waals surface area contributed by atoms with Crippen molar-refractivity contribution in [1.82, 2.24) is 15.2 Å². The number of hydrogen-bond donors (Lipinski definition) is 2. The summed E-state index contributed by atoms with van der Waals surface area (Å²) in [6.45, 7) is 1.99. The zero-order valence-electron chi connectivity index (χ0n) is 16.2. The molecule has 4 aromatic rings. The van der Waals surface area contributed by atoms with Gasteiger partial charge in [-0.1, -0.05) is 6.07 Å². The number of fused-ring (bicyclic) bond motifs is 2. The highest BCUT2D eigenvalue weighted by molar-refractivity contribution is 5.94. The van der Waals surface area contributed by atoms with Crippen molar-refractivity contribution in [3.63, 3.8) is 0 Å². The van der Waals surface area contributed by atoms with Crippen molar-refractivity contribution in [3.8, 4) is 17.3 Å². The maximum atomic E-state index is 9.18. The average Bonchev–Trinajstić information content (AvgIpc) is 3.17. The van der Waals surface area contributed by atoms with E-state index >= 15 is 0 Å². The van der Waals surface area contributed by atoms with Gasteiger partial charge in [0.15, 0.2) is 0 Å². The highest BCUT2D eigenvalue weighted by Gasteiger charge is 2.21. The summed E-state index contributed by atoms with van der Waals surface area (Å²) in [5.41, 5.74) is 8.39. The van der Waals surface area contributed by atoms with E-state index in [1.165, 1.54) is 11.1 Å². The lowest BCUT2D eigenvalue weighted by molar-refractivity contribution is 0.600. The molecule has 5 heteroatoms. The summed E-state index contributed by atoms with van der Waals surface area (Å²) < 4.78 is 0. The number of H-pyrrole nitrogens is 1. The number of nitrogens with zero attached hydrogens (tertiary/aromatic N) is 3. The minimum absolute atomic E-state index is 0.252. The maximum absolute atomic E-state index is 9.18. The van der Waals surface area contributed by atoms with E-state index in [2.05, 4.69) is 56.9 Å². The highest BCUT2D eigenvalue weighted by atomic mass is 15.1. The molecule has 0 radical (unpaired) electrons. The first-order valence-corrected chi connectivity index (χ1v) is 9.92. The number of pyridine rings is 1. The van der Waals surface area contributed by atoms with Crippen molar-refractivity contribution in [2.45, 2.75) is 32.2 Å². The molecule has 142 valence electrons. The summed E-state index contributed by atoms with van der Waals surface area (Å²) in [6, 6.07) is 18.9. The van der Waals surface area contributed by atoms with Crippen molar-refractivity contribution < 1.29 is 0 Å². The fourth-order valence-corrected chi connectivity index (χ4v) is 4.25. The molecule has 2 aromatic carbocycles. The molecule has 0 saturated carbocycles. The van der Waals surface area contributed by atoms with E-state index in [0.717, 1.165) is 58.4 Å². The highest BCUT2D eigenvalue weighted by Crippen LogP contribution is 2.35. The molecule has 29 heavy (non-hydrogen) atoms. The number of rotatable bonds is 3. The Morgan fingerprint density at radius 2 is 2.07 bits per heavy atom. The lowest BCUT2D eigenvalue weighted by atomic mass is 9.86. The average molecular weight is 379 g/mol. The minimum Gasteiger partial charge on any atom is -0.378 e. The zero-order valence-corrected chi connectivity index (χ0v) is 16.2. The number of anilines is 1. The Hall–Kier alpha value is -3.65. The lowest BCUT2D eigenvalue weighted by Crippen LogP contribution is -2.17. The van der Waals surface area contributed by atoms with Gasteiger partial charge in [0, 0.05) is 28.5 Å². The third-order valence-corrected chi connectivity index (χ3v) is 5.66. The molecule has 0 unspecified atom stereocenters. The van der Waals surface area contributed by atoms with E-state index in [-0.39, 0.29) is 6.04 Å². The number of nitrogens with one attached hydrogen (secondary N) is 2. The molecule has 0 aliphatic heterocycles. The van der Waals surface area contributed by atoms with Gasteiger partial charge in [0.25, 0.3) is 0 Å². The third kappa shape index (κ3) is 3.23. The molecule has 0 spiro atoms. The molecule has 0 saturated heterocycles. The van der Waals surface area contributed by atoms with Crippen LogP contribution in [0, 0.1) is 18.3 Å². The van der Waals surface area contributed by atoms with Gasteiger partial charge in [-0.3, -0.25) is 10.1 Å². The van der Waals surface area contributed by atoms with Crippen LogP contribution in [0.15, 0.2) is 54.7 Å². The van der Waals surface area contributed by atoms with Gasteiger partial charge in [0.2, 0.25) is 0 Å². The largest absolute Gasteiger partial charge is 0.378 e. The van der Waals surface area contributed by atoms with Gasteiger partial charge in [-0.05, 0) is 79.8 Å². The van der Waals surface area contributed by atoms with E-state index in [9.17, 15) is 5.26 Å². The Kier molecular flexibility index (Phi) is 4.25. The van der Waals surface area contributed by atoms with E-state index in [4.69, 9.17) is 0 Å². The Morgan fingerprint density at radius 3 is 2.93 bits per heavy atom. The number of hydrogen-bond acceptors (Lipinski definition) is 4. The summed E-state index contributed by atoms with van der Waals surface area (Å²) in [6.07, 6.45) is 5.06. The molecule has 5 rings (SSSR count). The van der Waals surface area contributed by atoms with Crippen molar-refractivity contribution in [2.75, 3.05) is 5.32 Å². The van der Waals surface area contributed by atoms with Gasteiger partial charge in [-0.15, -0.1) is 0 Å². The van der Waals surface area contributed by atoms with Crippen LogP contribution in [0.1, 0.15) is 41.3 Å². The third-order valence-electron chi connectivity index (χ3n) is 5.66. The smallest absolute Gasteiger partial charge is 0.100 e. The second-order valence-corrected chi connectivity index (χ2v) is 7.63. The first-order chi connectivity index (χ1) is 14.2. The second kappa shape index (κ2) is 7.06. The van der Waals surface area contributed by atoms with Gasteiger partial charge in [-0.2, -0.15) is 10.4 Å². The molecule has 1 atom stereocenters. The van der Waals surface area contributed by atoms with Crippen LogP contribution in [0.4, 0.5) is 5.69 Å². The van der Waals surface area contributed by atoms with E-state index in [1.54, 1.807) is 0 Å². The predicted molar refractivity (Wildman–Crippen MR) is 115 cm³/mol. The van der Waals surface area contributed by atoms with Gasteiger partial charge < -0.3 is 5.32 Å². The first kappa shape index (κ1) is 17.4. The van der Waals surface area contributed by atoms with Crippen molar-refractivity contribution in [2.24, 2.45) is 0 Å². The van der Waals surface area contributed by atoms with E-state index < -0.39 is 0 Å². The molecule has 2 aromatic heterocycles. The van der Waals surface area contributed by atoms with Crippen LogP contribution in [0.25, 0.3) is 22.2 Å². The molecule has 5 nitrogen and oxygen atoms in total. The molecule has 2 N–H and O–H groups in total. The number of benzene rings is 2. The molecule has 0 bridgehead atoms. The second-order valence-electron chi connectivity index (χ2n) is 7.63. The number of nitriles is 1. The summed E-state index contributed by atoms with van der Waals surface area (Å²) >= 11 is 0. The standard InChI is InChI=1S/C24H21N5/c1-15-11-18(9-10-26-15)24-21-13-19(6-8-23(21)28-29-24)27-22-4-2-3-17-12-16(14-25)5-7-20(17)22/h5-13,22,27H,2-4H2,1H3,(H,28,29)/t22-/m0/s1. The molecule has 2 heterocycles. The molecule has 1 aliphatic carbocycles. The summed E-state index contributed by atoms with van der Waals surface area (Å²) in [4.78, 5) is 4.29. The first-order valence-electron chi connectivity index (χ1n) is 9.92. The zero-order chi connectivity index (χ0) is 19.8. The Bertz CT molecular complexity index is 1250. The fraction of sp³-hybridized carbons (Fsp3) is 0.208. The van der Waals surface area contributed by atoms with Crippen molar-refractivity contribution in [3.05, 3.63) is 77.1 Å². The molecular formula is C24H21N5. The monoisotopic (exact) mass is 379 g/mol. The predicted octanol–water partition coefficient (Wildman–Crippen LogP) is 5.29. The normalized spacial score (nSPS) is 15.7. The van der Waals surface area contributed by atoms with Crippen LogP contribution in [0.2, 0.25) is 0 Å². The number of aromatic nitrogens is 3. The Morgan fingerprint density at radius 1 is 1.14 bits per heavy atom. The van der Waals surface area contributed by atoms with Crippen LogP contribution in [0.5, 0.6) is 0 Å².